The van der Waals surface area contributed by atoms with Gasteiger partial charge in [0.2, 0.25) is 0 Å². The van der Waals surface area contributed by atoms with E-state index in [0.29, 0.717) is 11.6 Å². The zero-order valence-electron chi connectivity index (χ0n) is 9.52. The van der Waals surface area contributed by atoms with Gasteiger partial charge in [-0.2, -0.15) is 0 Å². The first kappa shape index (κ1) is 12.0. The first-order chi connectivity index (χ1) is 8.19. The van der Waals surface area contributed by atoms with Crippen LogP contribution in [0.15, 0.2) is 40.8 Å². The summed E-state index contributed by atoms with van der Waals surface area (Å²) >= 11 is 5.80. The summed E-state index contributed by atoms with van der Waals surface area (Å²) < 4.78 is 11.2. The molecule has 0 aliphatic rings. The lowest BCUT2D eigenvalue weighted by atomic mass is 10.2. The van der Waals surface area contributed by atoms with Crippen molar-refractivity contribution in [2.75, 3.05) is 6.54 Å². The molecule has 1 atom stereocenters. The van der Waals surface area contributed by atoms with E-state index in [1.54, 1.807) is 24.3 Å². The van der Waals surface area contributed by atoms with E-state index in [2.05, 4.69) is 0 Å². The number of benzene rings is 1. The van der Waals surface area contributed by atoms with Gasteiger partial charge in [0, 0.05) is 11.6 Å². The lowest BCUT2D eigenvalue weighted by Gasteiger charge is -2.15. The van der Waals surface area contributed by atoms with E-state index in [1.807, 2.05) is 19.1 Å². The quantitative estimate of drug-likeness (QED) is 0.907. The molecule has 0 radical (unpaired) electrons. The summed E-state index contributed by atoms with van der Waals surface area (Å²) in [6.07, 6.45) is -0.273. The van der Waals surface area contributed by atoms with Crippen molar-refractivity contribution in [1.29, 1.82) is 0 Å². The third-order valence-corrected chi connectivity index (χ3v) is 2.64. The Hall–Kier alpha value is -1.45. The number of hydrogen-bond donors (Lipinski definition) is 1. The van der Waals surface area contributed by atoms with Crippen LogP contribution in [0, 0.1) is 6.92 Å². The molecule has 0 bridgehead atoms. The normalized spacial score (nSPS) is 12.4. The monoisotopic (exact) mass is 251 g/mol. The summed E-state index contributed by atoms with van der Waals surface area (Å²) in [5, 5.41) is 0.676. The molecule has 1 heterocycles. The molecule has 1 aromatic carbocycles. The summed E-state index contributed by atoms with van der Waals surface area (Å²) in [7, 11) is 0. The van der Waals surface area contributed by atoms with Gasteiger partial charge in [-0.05, 0) is 43.3 Å². The van der Waals surface area contributed by atoms with Gasteiger partial charge in [0.05, 0.1) is 0 Å². The summed E-state index contributed by atoms with van der Waals surface area (Å²) in [5.74, 6) is 2.30. The molecular weight excluding hydrogens is 238 g/mol. The molecule has 17 heavy (non-hydrogen) atoms. The van der Waals surface area contributed by atoms with Crippen molar-refractivity contribution in [3.05, 3.63) is 52.9 Å². The van der Waals surface area contributed by atoms with Crippen molar-refractivity contribution in [2.45, 2.75) is 13.0 Å². The van der Waals surface area contributed by atoms with Gasteiger partial charge >= 0.3 is 0 Å². The van der Waals surface area contributed by atoms with E-state index in [-0.39, 0.29) is 6.10 Å². The van der Waals surface area contributed by atoms with Crippen LogP contribution in [-0.2, 0) is 0 Å². The molecule has 0 aliphatic carbocycles. The van der Waals surface area contributed by atoms with Gasteiger partial charge in [-0.1, -0.05) is 11.6 Å². The van der Waals surface area contributed by atoms with Gasteiger partial charge in [0.15, 0.2) is 6.10 Å². The zero-order chi connectivity index (χ0) is 12.3. The molecule has 2 aromatic rings. The van der Waals surface area contributed by atoms with E-state index in [1.165, 1.54) is 0 Å². The Kier molecular flexibility index (Phi) is 3.71. The largest absolute Gasteiger partial charge is 0.481 e. The van der Waals surface area contributed by atoms with Gasteiger partial charge in [-0.15, -0.1) is 0 Å². The highest BCUT2D eigenvalue weighted by molar-refractivity contribution is 6.30. The maximum absolute atomic E-state index is 5.80. The lowest BCUT2D eigenvalue weighted by molar-refractivity contribution is 0.182. The molecule has 1 aromatic heterocycles. The molecule has 0 spiro atoms. The molecule has 2 rings (SSSR count). The van der Waals surface area contributed by atoms with Crippen LogP contribution in [0.3, 0.4) is 0 Å². The van der Waals surface area contributed by atoms with Crippen LogP contribution in [0.2, 0.25) is 5.02 Å². The highest BCUT2D eigenvalue weighted by Crippen LogP contribution is 2.24. The molecule has 0 amide bonds. The number of ether oxygens (including phenoxy) is 1. The average Bonchev–Trinajstić information content (AvgIpc) is 2.75. The fraction of sp³-hybridized carbons (Fsp3) is 0.231. The minimum absolute atomic E-state index is 0.273. The zero-order valence-corrected chi connectivity index (χ0v) is 10.3. The fourth-order valence-electron chi connectivity index (χ4n) is 1.53. The second kappa shape index (κ2) is 5.25. The third kappa shape index (κ3) is 3.02. The predicted molar refractivity (Wildman–Crippen MR) is 67.3 cm³/mol. The molecule has 4 heteroatoms. The van der Waals surface area contributed by atoms with Crippen LogP contribution in [0.25, 0.3) is 0 Å². The second-order valence-corrected chi connectivity index (χ2v) is 4.18. The van der Waals surface area contributed by atoms with Crippen molar-refractivity contribution in [3.8, 4) is 5.75 Å². The second-order valence-electron chi connectivity index (χ2n) is 3.74. The first-order valence-corrected chi connectivity index (χ1v) is 5.75. The van der Waals surface area contributed by atoms with Crippen molar-refractivity contribution >= 4 is 11.6 Å². The van der Waals surface area contributed by atoms with Gasteiger partial charge in [0.1, 0.15) is 17.3 Å². The maximum atomic E-state index is 5.80. The van der Waals surface area contributed by atoms with E-state index in [4.69, 9.17) is 26.5 Å². The van der Waals surface area contributed by atoms with Crippen molar-refractivity contribution in [1.82, 2.24) is 0 Å². The minimum atomic E-state index is -0.273. The molecule has 90 valence electrons. The Morgan fingerprint density at radius 3 is 2.47 bits per heavy atom. The van der Waals surface area contributed by atoms with Gasteiger partial charge < -0.3 is 14.9 Å². The standard InChI is InChI=1S/C13H14ClNO2/c1-9-2-7-12(16-9)13(8-15)17-11-5-3-10(14)4-6-11/h2-7,13H,8,15H2,1H3. The Morgan fingerprint density at radius 1 is 1.24 bits per heavy atom. The Balaban J connectivity index is 2.12. The van der Waals surface area contributed by atoms with Crippen LogP contribution in [0.4, 0.5) is 0 Å². The molecule has 0 aliphatic heterocycles. The lowest BCUT2D eigenvalue weighted by Crippen LogP contribution is -2.17. The molecule has 0 saturated carbocycles. The summed E-state index contributed by atoms with van der Waals surface area (Å²) in [6.45, 7) is 2.24. The Morgan fingerprint density at radius 2 is 1.94 bits per heavy atom. The van der Waals surface area contributed by atoms with Gasteiger partial charge in [-0.3, -0.25) is 0 Å². The number of nitrogens with two attached hydrogens (primary N) is 1. The third-order valence-electron chi connectivity index (χ3n) is 2.38. The van der Waals surface area contributed by atoms with E-state index < -0.39 is 0 Å². The Labute approximate surface area is 105 Å². The van der Waals surface area contributed by atoms with Crippen LogP contribution in [-0.4, -0.2) is 6.54 Å². The molecular formula is C13H14ClNO2. The van der Waals surface area contributed by atoms with Crippen LogP contribution < -0.4 is 10.5 Å². The highest BCUT2D eigenvalue weighted by Gasteiger charge is 2.15. The number of aryl methyl sites for hydroxylation is 1. The number of rotatable bonds is 4. The van der Waals surface area contributed by atoms with Gasteiger partial charge in [0.25, 0.3) is 0 Å². The summed E-state index contributed by atoms with van der Waals surface area (Å²) in [5.41, 5.74) is 5.68. The van der Waals surface area contributed by atoms with Crippen molar-refractivity contribution in [2.24, 2.45) is 5.73 Å². The van der Waals surface area contributed by atoms with Crippen molar-refractivity contribution < 1.29 is 9.15 Å². The van der Waals surface area contributed by atoms with E-state index in [0.717, 1.165) is 17.3 Å². The Bertz CT molecular complexity index is 478. The SMILES string of the molecule is Cc1ccc(C(CN)Oc2ccc(Cl)cc2)o1. The average molecular weight is 252 g/mol. The molecule has 0 fully saturated rings. The molecule has 2 N–H and O–H groups in total. The summed E-state index contributed by atoms with van der Waals surface area (Å²) in [4.78, 5) is 0. The minimum Gasteiger partial charge on any atom is -0.481 e. The van der Waals surface area contributed by atoms with Crippen LogP contribution in [0.5, 0.6) is 5.75 Å². The fourth-order valence-corrected chi connectivity index (χ4v) is 1.65. The van der Waals surface area contributed by atoms with Gasteiger partial charge in [-0.25, -0.2) is 0 Å². The van der Waals surface area contributed by atoms with Crippen LogP contribution >= 0.6 is 11.6 Å². The topological polar surface area (TPSA) is 48.4 Å². The van der Waals surface area contributed by atoms with E-state index >= 15 is 0 Å². The smallest absolute Gasteiger partial charge is 0.168 e. The molecule has 3 nitrogen and oxygen atoms in total. The van der Waals surface area contributed by atoms with Crippen LogP contribution in [0.1, 0.15) is 17.6 Å². The molecule has 1 unspecified atom stereocenters. The first-order valence-electron chi connectivity index (χ1n) is 5.37. The maximum Gasteiger partial charge on any atom is 0.168 e. The molecule has 0 saturated heterocycles. The predicted octanol–water partition coefficient (Wildman–Crippen LogP) is 3.32. The number of hydrogen-bond acceptors (Lipinski definition) is 3. The summed E-state index contributed by atoms with van der Waals surface area (Å²) in [6, 6.07) is 10.9. The van der Waals surface area contributed by atoms with E-state index in [9.17, 15) is 0 Å². The number of furan rings is 1. The highest BCUT2D eigenvalue weighted by atomic mass is 35.5. The van der Waals surface area contributed by atoms with Crippen molar-refractivity contribution in [3.63, 3.8) is 0 Å². The number of halogens is 1.